The van der Waals surface area contributed by atoms with E-state index in [0.717, 1.165) is 22.2 Å². The van der Waals surface area contributed by atoms with Crippen LogP contribution < -0.4 is 0 Å². The molecule has 0 aliphatic carbocycles. The summed E-state index contributed by atoms with van der Waals surface area (Å²) in [7, 11) is 0. The quantitative estimate of drug-likeness (QED) is 0.698. The number of piperazine rings is 1. The Labute approximate surface area is 160 Å². The molecule has 5 rings (SSSR count). The van der Waals surface area contributed by atoms with Crippen molar-refractivity contribution in [2.45, 2.75) is 19.0 Å². The fourth-order valence-corrected chi connectivity index (χ4v) is 3.94. The molecular formula is C21H17FN4O2. The minimum absolute atomic E-state index is 0.0947. The van der Waals surface area contributed by atoms with Gasteiger partial charge in [0.2, 0.25) is 5.91 Å². The third-order valence-electron chi connectivity index (χ3n) is 5.37. The van der Waals surface area contributed by atoms with Gasteiger partial charge in [0.1, 0.15) is 18.4 Å². The molecular weight excluding hydrogens is 359 g/mol. The highest BCUT2D eigenvalue weighted by Gasteiger charge is 2.43. The zero-order valence-electron chi connectivity index (χ0n) is 14.9. The van der Waals surface area contributed by atoms with Crippen molar-refractivity contribution in [2.75, 3.05) is 6.54 Å². The number of carbonyl (C=O) groups excluding carboxylic acids is 2. The maximum atomic E-state index is 13.0. The van der Waals surface area contributed by atoms with Crippen molar-refractivity contribution in [3.05, 3.63) is 71.2 Å². The van der Waals surface area contributed by atoms with E-state index in [-0.39, 0.29) is 24.2 Å². The van der Waals surface area contributed by atoms with Crippen molar-refractivity contribution in [2.24, 2.45) is 5.10 Å². The van der Waals surface area contributed by atoms with Gasteiger partial charge in [-0.1, -0.05) is 30.3 Å². The molecule has 0 spiro atoms. The summed E-state index contributed by atoms with van der Waals surface area (Å²) in [5.74, 6) is -0.673. The van der Waals surface area contributed by atoms with E-state index in [9.17, 15) is 14.0 Å². The van der Waals surface area contributed by atoms with Gasteiger partial charge in [-0.25, -0.2) is 9.40 Å². The zero-order valence-corrected chi connectivity index (χ0v) is 14.9. The molecule has 0 bridgehead atoms. The normalized spacial score (nSPS) is 19.4. The highest BCUT2D eigenvalue weighted by atomic mass is 19.1. The molecule has 2 aromatic carbocycles. The standard InChI is InChI=1S/C21H17FN4O2/c22-14-7-5-13(6-8-14)10-23-26-12-20(27)25-11-18-16(9-19(25)21(26)28)15-3-1-2-4-17(15)24-18/h1-8,10,19,24H,9,11-12H2/b23-10+/t19-/m0/s1. The van der Waals surface area contributed by atoms with E-state index in [2.05, 4.69) is 10.1 Å². The second-order valence-corrected chi connectivity index (χ2v) is 7.06. The van der Waals surface area contributed by atoms with Crippen LogP contribution >= 0.6 is 0 Å². The molecule has 2 amide bonds. The monoisotopic (exact) mass is 376 g/mol. The summed E-state index contributed by atoms with van der Waals surface area (Å²) in [5.41, 5.74) is 3.74. The number of hydrazone groups is 1. The molecule has 1 fully saturated rings. The number of nitrogens with zero attached hydrogens (tertiary/aromatic N) is 3. The van der Waals surface area contributed by atoms with Gasteiger partial charge in [0.25, 0.3) is 5.91 Å². The second kappa shape index (κ2) is 6.30. The van der Waals surface area contributed by atoms with Crippen molar-refractivity contribution in [3.63, 3.8) is 0 Å². The summed E-state index contributed by atoms with van der Waals surface area (Å²) in [4.78, 5) is 30.7. The molecule has 7 heteroatoms. The van der Waals surface area contributed by atoms with E-state index in [0.29, 0.717) is 18.5 Å². The number of aromatic nitrogens is 1. The SMILES string of the molecule is O=C1[C@@H]2Cc3c([nH]c4ccccc34)CN2C(=O)CN1/N=C/c1ccc(F)cc1. The van der Waals surface area contributed by atoms with Gasteiger partial charge in [0, 0.05) is 23.0 Å². The Bertz CT molecular complexity index is 1120. The number of amides is 2. The number of hydrogen-bond acceptors (Lipinski definition) is 3. The van der Waals surface area contributed by atoms with Crippen molar-refractivity contribution in [1.29, 1.82) is 0 Å². The average molecular weight is 376 g/mol. The van der Waals surface area contributed by atoms with E-state index in [4.69, 9.17) is 0 Å². The fraction of sp³-hybridized carbons (Fsp3) is 0.190. The van der Waals surface area contributed by atoms with Crippen LogP contribution in [0.1, 0.15) is 16.8 Å². The predicted molar refractivity (Wildman–Crippen MR) is 102 cm³/mol. The molecule has 0 unspecified atom stereocenters. The lowest BCUT2D eigenvalue weighted by atomic mass is 9.94. The van der Waals surface area contributed by atoms with Crippen LogP contribution in [-0.2, 0) is 22.6 Å². The molecule has 1 atom stereocenters. The Morgan fingerprint density at radius 3 is 2.68 bits per heavy atom. The molecule has 3 aromatic rings. The molecule has 0 saturated carbocycles. The summed E-state index contributed by atoms with van der Waals surface area (Å²) in [5, 5.41) is 6.49. The van der Waals surface area contributed by atoms with E-state index < -0.39 is 6.04 Å². The first-order chi connectivity index (χ1) is 13.6. The highest BCUT2D eigenvalue weighted by molar-refractivity contribution is 5.97. The van der Waals surface area contributed by atoms with Gasteiger partial charge in [-0.05, 0) is 29.3 Å². The number of halogens is 1. The van der Waals surface area contributed by atoms with Crippen molar-refractivity contribution in [1.82, 2.24) is 14.9 Å². The molecule has 1 N–H and O–H groups in total. The third kappa shape index (κ3) is 2.67. The Kier molecular flexibility index (Phi) is 3.75. The van der Waals surface area contributed by atoms with Crippen molar-refractivity contribution in [3.8, 4) is 0 Å². The molecule has 1 saturated heterocycles. The van der Waals surface area contributed by atoms with E-state index in [1.165, 1.54) is 23.4 Å². The second-order valence-electron chi connectivity index (χ2n) is 7.06. The molecule has 6 nitrogen and oxygen atoms in total. The van der Waals surface area contributed by atoms with Crippen LogP contribution in [0.25, 0.3) is 10.9 Å². The molecule has 1 aromatic heterocycles. The van der Waals surface area contributed by atoms with Crippen molar-refractivity contribution < 1.29 is 14.0 Å². The Morgan fingerprint density at radius 2 is 1.86 bits per heavy atom. The van der Waals surface area contributed by atoms with Crippen LogP contribution in [0.2, 0.25) is 0 Å². The van der Waals surface area contributed by atoms with Gasteiger partial charge in [-0.15, -0.1) is 0 Å². The molecule has 2 aliphatic rings. The topological polar surface area (TPSA) is 68.8 Å². The highest BCUT2D eigenvalue weighted by Crippen LogP contribution is 2.32. The number of carbonyl (C=O) groups is 2. The van der Waals surface area contributed by atoms with Crippen LogP contribution in [-0.4, -0.2) is 45.5 Å². The zero-order chi connectivity index (χ0) is 19.3. The van der Waals surface area contributed by atoms with Gasteiger partial charge < -0.3 is 9.88 Å². The summed E-state index contributed by atoms with van der Waals surface area (Å²) in [6, 6.07) is 13.2. The van der Waals surface area contributed by atoms with Gasteiger partial charge >= 0.3 is 0 Å². The number of benzene rings is 2. The number of H-pyrrole nitrogens is 1. The largest absolute Gasteiger partial charge is 0.357 e. The summed E-state index contributed by atoms with van der Waals surface area (Å²) in [6.07, 6.45) is 1.94. The lowest BCUT2D eigenvalue weighted by Gasteiger charge is -2.40. The maximum Gasteiger partial charge on any atom is 0.266 e. The molecule has 140 valence electrons. The van der Waals surface area contributed by atoms with E-state index in [1.54, 1.807) is 17.0 Å². The van der Waals surface area contributed by atoms with Crippen LogP contribution in [0, 0.1) is 5.82 Å². The van der Waals surface area contributed by atoms with Crippen LogP contribution in [0.15, 0.2) is 53.6 Å². The number of fused-ring (bicyclic) bond motifs is 4. The average Bonchev–Trinajstić information content (AvgIpc) is 3.07. The fourth-order valence-electron chi connectivity index (χ4n) is 3.94. The number of rotatable bonds is 2. The number of hydrogen-bond donors (Lipinski definition) is 1. The Balaban J connectivity index is 1.44. The lowest BCUT2D eigenvalue weighted by molar-refractivity contribution is -0.157. The molecule has 0 radical (unpaired) electrons. The van der Waals surface area contributed by atoms with Gasteiger partial charge in [-0.2, -0.15) is 5.10 Å². The minimum atomic E-state index is -0.557. The van der Waals surface area contributed by atoms with Crippen LogP contribution in [0.5, 0.6) is 0 Å². The molecule has 3 heterocycles. The lowest BCUT2D eigenvalue weighted by Crippen LogP contribution is -2.60. The minimum Gasteiger partial charge on any atom is -0.357 e. The Morgan fingerprint density at radius 1 is 1.07 bits per heavy atom. The predicted octanol–water partition coefficient (Wildman–Crippen LogP) is 2.44. The van der Waals surface area contributed by atoms with Crippen molar-refractivity contribution >= 4 is 28.9 Å². The smallest absolute Gasteiger partial charge is 0.266 e. The van der Waals surface area contributed by atoms with Gasteiger partial charge in [0.15, 0.2) is 0 Å². The molecule has 2 aliphatic heterocycles. The van der Waals surface area contributed by atoms with E-state index >= 15 is 0 Å². The van der Waals surface area contributed by atoms with Crippen LogP contribution in [0.3, 0.4) is 0 Å². The maximum absolute atomic E-state index is 13.0. The first-order valence-electron chi connectivity index (χ1n) is 9.09. The molecule has 28 heavy (non-hydrogen) atoms. The Hall–Kier alpha value is -3.48. The summed E-state index contributed by atoms with van der Waals surface area (Å²) < 4.78 is 13.0. The summed E-state index contributed by atoms with van der Waals surface area (Å²) in [6.45, 7) is 0.303. The van der Waals surface area contributed by atoms with E-state index in [1.807, 2.05) is 24.3 Å². The first-order valence-corrected chi connectivity index (χ1v) is 9.09. The third-order valence-corrected chi connectivity index (χ3v) is 5.37. The van der Waals surface area contributed by atoms with Gasteiger partial charge in [0.05, 0.1) is 12.8 Å². The number of aromatic amines is 1. The number of para-hydroxylation sites is 1. The summed E-state index contributed by atoms with van der Waals surface area (Å²) >= 11 is 0. The first kappa shape index (κ1) is 16.7. The van der Waals surface area contributed by atoms with Gasteiger partial charge in [-0.3, -0.25) is 9.59 Å². The number of nitrogens with one attached hydrogen (secondary N) is 1. The van der Waals surface area contributed by atoms with Crippen LogP contribution in [0.4, 0.5) is 4.39 Å².